The van der Waals surface area contributed by atoms with Crippen molar-refractivity contribution in [2.24, 2.45) is 5.11 Å². The molecule has 0 aliphatic heterocycles. The normalized spacial score (nSPS) is 11.5. The Hall–Kier alpha value is -2.07. The zero-order chi connectivity index (χ0) is 10.6. The van der Waals surface area contributed by atoms with Crippen molar-refractivity contribution in [3.8, 4) is 0 Å². The Morgan fingerprint density at radius 1 is 1.50 bits per heavy atom. The molecule has 0 bridgehead atoms. The Kier molecular flexibility index (Phi) is 3.04. The predicted molar refractivity (Wildman–Crippen MR) is 50.7 cm³/mol. The molecule has 0 aliphatic rings. The van der Waals surface area contributed by atoms with E-state index in [4.69, 9.17) is 5.53 Å². The Labute approximate surface area is 79.9 Å². The molecule has 1 rings (SSSR count). The van der Waals surface area contributed by atoms with Crippen LogP contribution in [0.25, 0.3) is 10.4 Å². The summed E-state index contributed by atoms with van der Waals surface area (Å²) in [6.07, 6.45) is 0. The second kappa shape index (κ2) is 4.25. The topological polar surface area (TPSA) is 91.9 Å². The van der Waals surface area contributed by atoms with E-state index < -0.39 is 4.92 Å². The van der Waals surface area contributed by atoms with E-state index in [1.165, 1.54) is 12.1 Å². The Balaban J connectivity index is 2.93. The molecule has 0 spiro atoms. The highest BCUT2D eigenvalue weighted by Gasteiger charge is 2.06. The van der Waals surface area contributed by atoms with Crippen molar-refractivity contribution in [3.05, 3.63) is 50.4 Å². The van der Waals surface area contributed by atoms with E-state index in [9.17, 15) is 10.1 Å². The number of rotatable bonds is 3. The summed E-state index contributed by atoms with van der Waals surface area (Å²) in [6, 6.07) is 5.63. The van der Waals surface area contributed by atoms with E-state index in [0.717, 1.165) is 5.56 Å². The second-order valence-corrected chi connectivity index (χ2v) is 2.73. The van der Waals surface area contributed by atoms with Gasteiger partial charge in [-0.1, -0.05) is 24.2 Å². The fourth-order valence-electron chi connectivity index (χ4n) is 1.02. The van der Waals surface area contributed by atoms with E-state index in [-0.39, 0.29) is 11.7 Å². The third-order valence-electron chi connectivity index (χ3n) is 1.81. The van der Waals surface area contributed by atoms with Gasteiger partial charge < -0.3 is 0 Å². The van der Waals surface area contributed by atoms with Gasteiger partial charge in [0.2, 0.25) is 0 Å². The predicted octanol–water partition coefficient (Wildman–Crippen LogP) is 2.97. The molecular formula is C8H8N4O2. The van der Waals surface area contributed by atoms with Gasteiger partial charge in [-0.25, -0.2) is 0 Å². The Morgan fingerprint density at radius 3 is 2.50 bits per heavy atom. The fourth-order valence-corrected chi connectivity index (χ4v) is 1.02. The first-order valence-electron chi connectivity index (χ1n) is 3.93. The van der Waals surface area contributed by atoms with Gasteiger partial charge in [0, 0.05) is 17.0 Å². The van der Waals surface area contributed by atoms with Crippen LogP contribution in [0.4, 0.5) is 5.69 Å². The minimum Gasteiger partial charge on any atom is -0.258 e. The monoisotopic (exact) mass is 192 g/mol. The van der Waals surface area contributed by atoms with E-state index in [2.05, 4.69) is 10.0 Å². The summed E-state index contributed by atoms with van der Waals surface area (Å²) in [5, 5.41) is 13.8. The lowest BCUT2D eigenvalue weighted by Crippen LogP contribution is -1.90. The largest absolute Gasteiger partial charge is 0.269 e. The van der Waals surface area contributed by atoms with Gasteiger partial charge >= 0.3 is 0 Å². The van der Waals surface area contributed by atoms with Gasteiger partial charge in [0.05, 0.1) is 11.0 Å². The third-order valence-corrected chi connectivity index (χ3v) is 1.81. The molecule has 0 saturated heterocycles. The highest BCUT2D eigenvalue weighted by atomic mass is 16.6. The molecule has 6 heteroatoms. The number of nitrogens with zero attached hydrogens (tertiary/aromatic N) is 4. The third kappa shape index (κ3) is 2.21. The first-order valence-corrected chi connectivity index (χ1v) is 3.93. The number of nitro benzene ring substituents is 1. The van der Waals surface area contributed by atoms with Crippen molar-refractivity contribution >= 4 is 5.69 Å². The summed E-state index contributed by atoms with van der Waals surface area (Å²) < 4.78 is 0. The maximum atomic E-state index is 10.3. The van der Waals surface area contributed by atoms with E-state index in [0.29, 0.717) is 0 Å². The van der Waals surface area contributed by atoms with Crippen LogP contribution < -0.4 is 0 Å². The number of nitro groups is 1. The molecule has 6 nitrogen and oxygen atoms in total. The molecule has 72 valence electrons. The maximum absolute atomic E-state index is 10.3. The lowest BCUT2D eigenvalue weighted by atomic mass is 10.1. The zero-order valence-electron chi connectivity index (χ0n) is 7.49. The molecular weight excluding hydrogens is 184 g/mol. The summed E-state index contributed by atoms with van der Waals surface area (Å²) >= 11 is 0. The molecule has 0 radical (unpaired) electrons. The smallest absolute Gasteiger partial charge is 0.258 e. The van der Waals surface area contributed by atoms with Gasteiger partial charge in [-0.3, -0.25) is 10.1 Å². The van der Waals surface area contributed by atoms with Crippen LogP contribution in [-0.4, -0.2) is 4.92 Å². The first kappa shape index (κ1) is 10.0. The van der Waals surface area contributed by atoms with E-state index >= 15 is 0 Å². The van der Waals surface area contributed by atoms with Gasteiger partial charge in [0.15, 0.2) is 0 Å². The van der Waals surface area contributed by atoms with Crippen molar-refractivity contribution in [2.75, 3.05) is 0 Å². The molecule has 0 amide bonds. The number of non-ortho nitro benzene ring substituents is 1. The molecule has 1 unspecified atom stereocenters. The highest BCUT2D eigenvalue weighted by molar-refractivity contribution is 5.34. The van der Waals surface area contributed by atoms with Gasteiger partial charge in [-0.05, 0) is 11.1 Å². The van der Waals surface area contributed by atoms with E-state index in [1.54, 1.807) is 19.1 Å². The van der Waals surface area contributed by atoms with Gasteiger partial charge in [-0.15, -0.1) is 0 Å². The second-order valence-electron chi connectivity index (χ2n) is 2.73. The molecule has 0 fully saturated rings. The molecule has 1 atom stereocenters. The van der Waals surface area contributed by atoms with Gasteiger partial charge in [-0.2, -0.15) is 0 Å². The van der Waals surface area contributed by atoms with Gasteiger partial charge in [0.25, 0.3) is 5.69 Å². The average molecular weight is 192 g/mol. The molecule has 0 saturated carbocycles. The summed E-state index contributed by atoms with van der Waals surface area (Å²) in [5.41, 5.74) is 8.98. The lowest BCUT2D eigenvalue weighted by molar-refractivity contribution is -0.384. The minimum atomic E-state index is -0.470. The number of hydrogen-bond acceptors (Lipinski definition) is 3. The van der Waals surface area contributed by atoms with Crippen molar-refractivity contribution in [1.29, 1.82) is 0 Å². The summed E-state index contributed by atoms with van der Waals surface area (Å²) in [5.74, 6) is 0. The standard InChI is InChI=1S/C8H8N4O2/c1-6(10-11-9)7-2-4-8(5-3-7)12(13)14/h2-6H,1H3. The van der Waals surface area contributed by atoms with Crippen LogP contribution in [-0.2, 0) is 0 Å². The van der Waals surface area contributed by atoms with Crippen LogP contribution in [0.2, 0.25) is 0 Å². The quantitative estimate of drug-likeness (QED) is 0.242. The Morgan fingerprint density at radius 2 is 2.07 bits per heavy atom. The van der Waals surface area contributed by atoms with Crippen LogP contribution in [0.1, 0.15) is 18.5 Å². The van der Waals surface area contributed by atoms with Crippen LogP contribution in [0.5, 0.6) is 0 Å². The van der Waals surface area contributed by atoms with Crippen LogP contribution in [0.3, 0.4) is 0 Å². The molecule has 1 aromatic carbocycles. The maximum Gasteiger partial charge on any atom is 0.269 e. The molecule has 14 heavy (non-hydrogen) atoms. The van der Waals surface area contributed by atoms with Crippen molar-refractivity contribution in [3.63, 3.8) is 0 Å². The summed E-state index contributed by atoms with van der Waals surface area (Å²) in [4.78, 5) is 12.5. The lowest BCUT2D eigenvalue weighted by Gasteiger charge is -2.02. The molecule has 1 aromatic rings. The first-order chi connectivity index (χ1) is 6.65. The average Bonchev–Trinajstić information content (AvgIpc) is 2.18. The molecule has 0 N–H and O–H groups in total. The molecule has 0 aromatic heterocycles. The molecule has 0 heterocycles. The number of benzene rings is 1. The van der Waals surface area contributed by atoms with Gasteiger partial charge in [0.1, 0.15) is 0 Å². The molecule has 0 aliphatic carbocycles. The zero-order valence-corrected chi connectivity index (χ0v) is 7.49. The SMILES string of the molecule is CC(N=[N+]=[N-])c1ccc([N+](=O)[O-])cc1. The van der Waals surface area contributed by atoms with E-state index in [1.807, 2.05) is 0 Å². The van der Waals surface area contributed by atoms with Crippen molar-refractivity contribution in [1.82, 2.24) is 0 Å². The van der Waals surface area contributed by atoms with Crippen LogP contribution in [0, 0.1) is 10.1 Å². The van der Waals surface area contributed by atoms with Crippen molar-refractivity contribution < 1.29 is 4.92 Å². The fraction of sp³-hybridized carbons (Fsp3) is 0.250. The van der Waals surface area contributed by atoms with Crippen LogP contribution >= 0.6 is 0 Å². The van der Waals surface area contributed by atoms with Crippen LogP contribution in [0.15, 0.2) is 29.4 Å². The van der Waals surface area contributed by atoms with Crippen molar-refractivity contribution in [2.45, 2.75) is 13.0 Å². The summed E-state index contributed by atoms with van der Waals surface area (Å²) in [6.45, 7) is 1.72. The summed E-state index contributed by atoms with van der Waals surface area (Å²) in [7, 11) is 0. The number of hydrogen-bond donors (Lipinski definition) is 0. The Bertz CT molecular complexity index is 381. The minimum absolute atomic E-state index is 0.0295. The highest BCUT2D eigenvalue weighted by Crippen LogP contribution is 2.19. The number of azide groups is 1.